The maximum absolute atomic E-state index is 6.48. The summed E-state index contributed by atoms with van der Waals surface area (Å²) in [5.41, 5.74) is 17.7. The van der Waals surface area contributed by atoms with Gasteiger partial charge < -0.3 is 13.9 Å². The average Bonchev–Trinajstić information content (AvgIpc) is 3.96. The fourth-order valence-corrected chi connectivity index (χ4v) is 10.3. The summed E-state index contributed by atoms with van der Waals surface area (Å²) in [6.45, 7) is 0. The first kappa shape index (κ1) is 38.5. The van der Waals surface area contributed by atoms with Crippen molar-refractivity contribution >= 4 is 71.6 Å². The van der Waals surface area contributed by atoms with Gasteiger partial charge in [0.15, 0.2) is 0 Å². The maximum Gasteiger partial charge on any atom is 0.143 e. The summed E-state index contributed by atoms with van der Waals surface area (Å²) >= 11 is 0. The normalized spacial score (nSPS) is 11.6. The predicted octanol–water partition coefficient (Wildman–Crippen LogP) is 18.0. The molecule has 0 unspecified atom stereocenters. The lowest BCUT2D eigenvalue weighted by Gasteiger charge is -2.28. The fourth-order valence-electron chi connectivity index (χ4n) is 10.3. The fraction of sp³-hybridized carbons (Fsp3) is 0. The zero-order valence-corrected chi connectivity index (χ0v) is 36.6. The minimum Gasteiger partial charge on any atom is -0.455 e. The molecule has 3 nitrogen and oxygen atoms in total. The van der Waals surface area contributed by atoms with E-state index in [0.717, 1.165) is 66.9 Å². The van der Waals surface area contributed by atoms with Crippen molar-refractivity contribution in [1.29, 1.82) is 0 Å². The van der Waals surface area contributed by atoms with Crippen molar-refractivity contribution in [3.63, 3.8) is 0 Å². The van der Waals surface area contributed by atoms with Crippen LogP contribution in [0.25, 0.3) is 105 Å². The molecular weight excluding hydrogens is 813 g/mol. The molecule has 0 N–H and O–H groups in total. The van der Waals surface area contributed by atoms with Crippen LogP contribution in [-0.2, 0) is 0 Å². The van der Waals surface area contributed by atoms with Crippen molar-refractivity contribution in [3.8, 4) is 50.2 Å². The summed E-state index contributed by atoms with van der Waals surface area (Å²) in [6.07, 6.45) is 0. The van der Waals surface area contributed by atoms with E-state index < -0.39 is 0 Å². The molecule has 3 heteroatoms. The number of anilines is 3. The summed E-state index contributed by atoms with van der Waals surface area (Å²) in [5.74, 6) is 0. The van der Waals surface area contributed by atoms with Crippen molar-refractivity contribution in [2.24, 2.45) is 0 Å². The molecule has 0 fully saturated rings. The van der Waals surface area contributed by atoms with Crippen LogP contribution in [0.15, 0.2) is 259 Å². The molecule has 0 spiro atoms. The highest BCUT2D eigenvalue weighted by molar-refractivity contribution is 6.25. The van der Waals surface area contributed by atoms with E-state index in [-0.39, 0.29) is 0 Å². The number of nitrogens with zero attached hydrogens (tertiary/aromatic N) is 2. The topological polar surface area (TPSA) is 21.3 Å². The molecule has 67 heavy (non-hydrogen) atoms. The highest BCUT2D eigenvalue weighted by atomic mass is 16.3. The monoisotopic (exact) mass is 854 g/mol. The van der Waals surface area contributed by atoms with Gasteiger partial charge in [0.1, 0.15) is 11.2 Å². The lowest BCUT2D eigenvalue weighted by Crippen LogP contribution is -2.11. The van der Waals surface area contributed by atoms with E-state index in [9.17, 15) is 0 Å². The SMILES string of the molecule is c1ccc(-c2ccc(N(c3ccc(-c4cccc5c4oc4ccccc45)cc3)c3ccccc3-c3cccc(-n4c5cccc(-c6ccccc6)c5c5c6ccccc6ccc54)c3)cc2)cc1. The van der Waals surface area contributed by atoms with E-state index in [0.29, 0.717) is 0 Å². The number of para-hydroxylation sites is 3. The van der Waals surface area contributed by atoms with Crippen LogP contribution in [0.2, 0.25) is 0 Å². The number of fused-ring (bicyclic) bond motifs is 8. The van der Waals surface area contributed by atoms with Crippen LogP contribution in [0, 0.1) is 0 Å². The number of hydrogen-bond acceptors (Lipinski definition) is 2. The van der Waals surface area contributed by atoms with Gasteiger partial charge in [0, 0.05) is 49.7 Å². The Bertz CT molecular complexity index is 3960. The average molecular weight is 855 g/mol. The van der Waals surface area contributed by atoms with E-state index in [1.54, 1.807) is 0 Å². The number of benzene rings is 11. The lowest BCUT2D eigenvalue weighted by atomic mass is 9.97. The smallest absolute Gasteiger partial charge is 0.143 e. The number of aromatic nitrogens is 1. The first-order valence-electron chi connectivity index (χ1n) is 22.9. The molecule has 2 heterocycles. The highest BCUT2D eigenvalue weighted by Gasteiger charge is 2.22. The minimum atomic E-state index is 0.899. The molecule has 0 saturated heterocycles. The largest absolute Gasteiger partial charge is 0.455 e. The van der Waals surface area contributed by atoms with Gasteiger partial charge in [-0.2, -0.15) is 0 Å². The molecule has 0 saturated carbocycles. The summed E-state index contributed by atoms with van der Waals surface area (Å²) < 4.78 is 8.94. The maximum atomic E-state index is 6.48. The zero-order chi connectivity index (χ0) is 44.3. The van der Waals surface area contributed by atoms with Gasteiger partial charge in [-0.1, -0.05) is 194 Å². The highest BCUT2D eigenvalue weighted by Crippen LogP contribution is 2.45. The van der Waals surface area contributed by atoms with Crippen LogP contribution in [0.1, 0.15) is 0 Å². The first-order valence-corrected chi connectivity index (χ1v) is 22.9. The molecule has 0 radical (unpaired) electrons. The van der Waals surface area contributed by atoms with Crippen LogP contribution < -0.4 is 4.90 Å². The molecule has 0 aliphatic rings. The van der Waals surface area contributed by atoms with Gasteiger partial charge in [-0.15, -0.1) is 0 Å². The van der Waals surface area contributed by atoms with Gasteiger partial charge in [0.2, 0.25) is 0 Å². The first-order chi connectivity index (χ1) is 33.2. The summed E-state index contributed by atoms with van der Waals surface area (Å²) in [5, 5.41) is 7.27. The third-order valence-electron chi connectivity index (χ3n) is 13.4. The van der Waals surface area contributed by atoms with Crippen molar-refractivity contribution in [1.82, 2.24) is 4.57 Å². The molecule has 0 atom stereocenters. The number of rotatable bonds is 8. The van der Waals surface area contributed by atoms with Crippen LogP contribution in [0.4, 0.5) is 17.1 Å². The Hall–Kier alpha value is -8.92. The van der Waals surface area contributed by atoms with Crippen molar-refractivity contribution in [2.45, 2.75) is 0 Å². The molecular formula is C64H42N2O. The zero-order valence-electron chi connectivity index (χ0n) is 36.6. The summed E-state index contributed by atoms with van der Waals surface area (Å²) in [4.78, 5) is 2.39. The van der Waals surface area contributed by atoms with Gasteiger partial charge >= 0.3 is 0 Å². The second-order valence-electron chi connectivity index (χ2n) is 17.2. The van der Waals surface area contributed by atoms with Crippen molar-refractivity contribution < 1.29 is 4.42 Å². The molecule has 2 aromatic heterocycles. The molecule has 314 valence electrons. The Morgan fingerprint density at radius 1 is 0.328 bits per heavy atom. The van der Waals surface area contributed by atoms with Gasteiger partial charge in [-0.3, -0.25) is 0 Å². The predicted molar refractivity (Wildman–Crippen MR) is 282 cm³/mol. The Morgan fingerprint density at radius 3 is 1.69 bits per heavy atom. The Balaban J connectivity index is 0.972. The van der Waals surface area contributed by atoms with Crippen LogP contribution in [0.3, 0.4) is 0 Å². The molecule has 13 aromatic rings. The van der Waals surface area contributed by atoms with Gasteiger partial charge in [-0.05, 0) is 105 Å². The standard InChI is InChI=1S/C64H42N2O/c1-3-16-43(17-4-1)44-32-37-49(38-33-44)65(50-39-34-47(35-40-50)55-27-14-28-57-56-25-10-12-31-61(56)67-64(55)57)58-29-11-9-23-52(58)48-21-13-22-51(42-48)66-59-30-15-26-54(45-18-5-2-6-19-45)62(59)63-53-24-8-7-20-46(53)36-41-60(63)66/h1-42H. The Morgan fingerprint density at radius 2 is 0.881 bits per heavy atom. The summed E-state index contributed by atoms with van der Waals surface area (Å²) in [6, 6.07) is 91.9. The van der Waals surface area contributed by atoms with Crippen LogP contribution in [0.5, 0.6) is 0 Å². The second kappa shape index (κ2) is 16.0. The minimum absolute atomic E-state index is 0.899. The quantitative estimate of drug-likeness (QED) is 0.152. The third-order valence-corrected chi connectivity index (χ3v) is 13.4. The lowest BCUT2D eigenvalue weighted by molar-refractivity contribution is 0.670. The Labute approximate surface area is 388 Å². The van der Waals surface area contributed by atoms with E-state index in [2.05, 4.69) is 252 Å². The van der Waals surface area contributed by atoms with E-state index in [1.165, 1.54) is 54.8 Å². The van der Waals surface area contributed by atoms with Gasteiger partial charge in [0.25, 0.3) is 0 Å². The molecule has 0 aliphatic carbocycles. The molecule has 11 aromatic carbocycles. The molecule has 13 rings (SSSR count). The molecule has 0 aliphatic heterocycles. The van der Waals surface area contributed by atoms with Gasteiger partial charge in [0.05, 0.1) is 16.7 Å². The van der Waals surface area contributed by atoms with Crippen molar-refractivity contribution in [2.75, 3.05) is 4.90 Å². The second-order valence-corrected chi connectivity index (χ2v) is 17.2. The van der Waals surface area contributed by atoms with Crippen LogP contribution >= 0.6 is 0 Å². The molecule has 0 amide bonds. The number of hydrogen-bond donors (Lipinski definition) is 0. The van der Waals surface area contributed by atoms with E-state index >= 15 is 0 Å². The molecule has 0 bridgehead atoms. The van der Waals surface area contributed by atoms with E-state index in [1.807, 2.05) is 12.1 Å². The van der Waals surface area contributed by atoms with Gasteiger partial charge in [-0.25, -0.2) is 0 Å². The van der Waals surface area contributed by atoms with Crippen LogP contribution in [-0.4, -0.2) is 4.57 Å². The Kier molecular flexibility index (Phi) is 9.17. The van der Waals surface area contributed by atoms with Crippen molar-refractivity contribution in [3.05, 3.63) is 255 Å². The summed E-state index contributed by atoms with van der Waals surface area (Å²) in [7, 11) is 0. The van der Waals surface area contributed by atoms with E-state index in [4.69, 9.17) is 4.42 Å². The number of furan rings is 1. The third kappa shape index (κ3) is 6.51.